The van der Waals surface area contributed by atoms with E-state index in [0.717, 1.165) is 67.1 Å². The molecule has 0 atom stereocenters. The second-order valence-corrected chi connectivity index (χ2v) is 9.67. The fraction of sp³-hybridized carbons (Fsp3) is 0.440. The van der Waals surface area contributed by atoms with Crippen molar-refractivity contribution < 1.29 is 4.79 Å². The van der Waals surface area contributed by atoms with Gasteiger partial charge in [-0.3, -0.25) is 9.78 Å². The van der Waals surface area contributed by atoms with Crippen LogP contribution in [0, 0.1) is 17.2 Å². The summed E-state index contributed by atoms with van der Waals surface area (Å²) in [4.78, 5) is 26.5. The molecule has 0 N–H and O–H groups in total. The molecule has 1 fully saturated rings. The summed E-state index contributed by atoms with van der Waals surface area (Å²) in [6.07, 6.45) is 5.08. The largest absolute Gasteiger partial charge is 0.370 e. The van der Waals surface area contributed by atoms with E-state index in [1.165, 1.54) is 0 Å². The zero-order chi connectivity index (χ0) is 23.1. The number of benzene rings is 1. The van der Waals surface area contributed by atoms with Crippen LogP contribution in [0.25, 0.3) is 10.9 Å². The number of carbonyl (C=O) groups is 1. The van der Waals surface area contributed by atoms with Crippen LogP contribution < -0.4 is 4.90 Å². The van der Waals surface area contributed by atoms with Gasteiger partial charge in [0.1, 0.15) is 11.9 Å². The van der Waals surface area contributed by atoms with Gasteiger partial charge in [0.15, 0.2) is 0 Å². The van der Waals surface area contributed by atoms with Crippen LogP contribution in [-0.4, -0.2) is 45.0 Å². The molecular weight excluding hydrogens is 436 g/mol. The summed E-state index contributed by atoms with van der Waals surface area (Å²) in [5.41, 5.74) is 3.35. The number of piperidine rings is 1. The Balaban J connectivity index is 1.30. The SMILES string of the molecule is CC(C)c1ncc2n1CCN(C(=O)C1CCN(c3c(C#N)cnc4ccc(Cl)cc34)CC1)C2. The number of nitrogens with zero attached hydrogens (tertiary/aromatic N) is 6. The lowest BCUT2D eigenvalue weighted by Gasteiger charge is -2.37. The van der Waals surface area contributed by atoms with Gasteiger partial charge >= 0.3 is 0 Å². The molecule has 1 amide bonds. The first-order valence-electron chi connectivity index (χ1n) is 11.5. The van der Waals surface area contributed by atoms with Gasteiger partial charge in [-0.05, 0) is 31.0 Å². The highest BCUT2D eigenvalue weighted by Gasteiger charge is 2.32. The predicted octanol–water partition coefficient (Wildman–Crippen LogP) is 4.34. The monoisotopic (exact) mass is 462 g/mol. The van der Waals surface area contributed by atoms with Crippen molar-refractivity contribution in [2.24, 2.45) is 5.92 Å². The third-order valence-electron chi connectivity index (χ3n) is 6.83. The Labute approximate surface area is 198 Å². The van der Waals surface area contributed by atoms with Gasteiger partial charge < -0.3 is 14.4 Å². The number of halogens is 1. The number of aromatic nitrogens is 3. The fourth-order valence-electron chi connectivity index (χ4n) is 5.14. The molecule has 170 valence electrons. The van der Waals surface area contributed by atoms with E-state index in [-0.39, 0.29) is 11.8 Å². The van der Waals surface area contributed by atoms with Gasteiger partial charge in [0.25, 0.3) is 0 Å². The number of fused-ring (bicyclic) bond motifs is 2. The minimum absolute atomic E-state index is 0.00233. The molecule has 8 heteroatoms. The Morgan fingerprint density at radius 3 is 2.67 bits per heavy atom. The molecule has 0 radical (unpaired) electrons. The second kappa shape index (κ2) is 8.68. The summed E-state index contributed by atoms with van der Waals surface area (Å²) in [6, 6.07) is 7.84. The maximum atomic E-state index is 13.3. The first-order chi connectivity index (χ1) is 16.0. The average Bonchev–Trinajstić information content (AvgIpc) is 3.26. The van der Waals surface area contributed by atoms with Gasteiger partial charge in [-0.1, -0.05) is 25.4 Å². The van der Waals surface area contributed by atoms with Crippen LogP contribution in [0.15, 0.2) is 30.6 Å². The van der Waals surface area contributed by atoms with Crippen molar-refractivity contribution in [3.63, 3.8) is 0 Å². The lowest BCUT2D eigenvalue weighted by molar-refractivity contribution is -0.137. The molecule has 2 aliphatic rings. The first-order valence-corrected chi connectivity index (χ1v) is 11.9. The van der Waals surface area contributed by atoms with Crippen molar-refractivity contribution >= 4 is 34.1 Å². The van der Waals surface area contributed by atoms with Crippen LogP contribution in [-0.2, 0) is 17.9 Å². The van der Waals surface area contributed by atoms with E-state index in [2.05, 4.69) is 39.4 Å². The van der Waals surface area contributed by atoms with E-state index in [1.54, 1.807) is 6.20 Å². The zero-order valence-corrected chi connectivity index (χ0v) is 19.7. The number of nitriles is 1. The maximum Gasteiger partial charge on any atom is 0.226 e. The molecule has 5 rings (SSSR count). The smallest absolute Gasteiger partial charge is 0.226 e. The number of hydrogen-bond donors (Lipinski definition) is 0. The molecular formula is C25H27ClN6O. The molecule has 2 aromatic heterocycles. The van der Waals surface area contributed by atoms with Crippen LogP contribution in [0.5, 0.6) is 0 Å². The Bertz CT molecular complexity index is 1250. The van der Waals surface area contributed by atoms with Crippen LogP contribution in [0.3, 0.4) is 0 Å². The number of hydrogen-bond acceptors (Lipinski definition) is 5. The van der Waals surface area contributed by atoms with Crippen LogP contribution in [0.1, 0.15) is 49.7 Å². The summed E-state index contributed by atoms with van der Waals surface area (Å²) < 4.78 is 2.26. The van der Waals surface area contributed by atoms with Gasteiger partial charge in [0.05, 0.1) is 35.2 Å². The number of amides is 1. The van der Waals surface area contributed by atoms with Crippen molar-refractivity contribution in [3.05, 3.63) is 52.7 Å². The van der Waals surface area contributed by atoms with E-state index in [4.69, 9.17) is 11.6 Å². The molecule has 0 bridgehead atoms. The second-order valence-electron chi connectivity index (χ2n) is 9.23. The van der Waals surface area contributed by atoms with E-state index >= 15 is 0 Å². The van der Waals surface area contributed by atoms with Crippen LogP contribution in [0.2, 0.25) is 5.02 Å². The summed E-state index contributed by atoms with van der Waals surface area (Å²) in [5, 5.41) is 11.2. The van der Waals surface area contributed by atoms with Gasteiger partial charge in [-0.15, -0.1) is 0 Å². The lowest BCUT2D eigenvalue weighted by atomic mass is 9.93. The highest BCUT2D eigenvalue weighted by molar-refractivity contribution is 6.31. The van der Waals surface area contributed by atoms with Crippen molar-refractivity contribution in [1.82, 2.24) is 19.4 Å². The van der Waals surface area contributed by atoms with Gasteiger partial charge in [0.2, 0.25) is 5.91 Å². The summed E-state index contributed by atoms with van der Waals surface area (Å²) in [5.74, 6) is 1.71. The van der Waals surface area contributed by atoms with Crippen molar-refractivity contribution in [1.29, 1.82) is 5.26 Å². The molecule has 7 nitrogen and oxygen atoms in total. The Morgan fingerprint density at radius 1 is 1.15 bits per heavy atom. The fourth-order valence-corrected chi connectivity index (χ4v) is 5.31. The number of anilines is 1. The Hall–Kier alpha value is -3.11. The minimum Gasteiger partial charge on any atom is -0.370 e. The number of carbonyl (C=O) groups excluding carboxylic acids is 1. The van der Waals surface area contributed by atoms with Gasteiger partial charge in [0, 0.05) is 54.6 Å². The number of rotatable bonds is 3. The first kappa shape index (κ1) is 21.7. The van der Waals surface area contributed by atoms with Gasteiger partial charge in [-0.2, -0.15) is 5.26 Å². The summed E-state index contributed by atoms with van der Waals surface area (Å²) in [7, 11) is 0. The lowest BCUT2D eigenvalue weighted by Crippen LogP contribution is -2.45. The molecule has 0 saturated carbocycles. The molecule has 1 saturated heterocycles. The average molecular weight is 463 g/mol. The molecule has 3 aromatic rings. The summed E-state index contributed by atoms with van der Waals surface area (Å²) in [6.45, 7) is 7.92. The number of pyridine rings is 1. The normalized spacial score (nSPS) is 16.8. The topological polar surface area (TPSA) is 78.0 Å². The highest BCUT2D eigenvalue weighted by atomic mass is 35.5. The van der Waals surface area contributed by atoms with Crippen molar-refractivity contribution in [2.45, 2.75) is 45.7 Å². The quantitative estimate of drug-likeness (QED) is 0.578. The van der Waals surface area contributed by atoms with E-state index in [1.807, 2.05) is 29.3 Å². The Morgan fingerprint density at radius 2 is 1.94 bits per heavy atom. The summed E-state index contributed by atoms with van der Waals surface area (Å²) >= 11 is 6.24. The van der Waals surface area contributed by atoms with Crippen molar-refractivity contribution in [2.75, 3.05) is 24.5 Å². The molecule has 4 heterocycles. The van der Waals surface area contributed by atoms with E-state index in [0.29, 0.717) is 23.0 Å². The van der Waals surface area contributed by atoms with E-state index < -0.39 is 0 Å². The molecule has 0 aliphatic carbocycles. The minimum atomic E-state index is 0.00233. The van der Waals surface area contributed by atoms with E-state index in [9.17, 15) is 10.1 Å². The number of imidazole rings is 1. The third-order valence-corrected chi connectivity index (χ3v) is 7.06. The molecule has 0 unspecified atom stereocenters. The molecule has 1 aromatic carbocycles. The standard InChI is InChI=1S/C25H27ClN6O/c1-16(2)24-29-14-20-15-31(9-10-32(20)24)25(33)17-5-7-30(8-6-17)23-18(12-27)13-28-22-4-3-19(26)11-21(22)23/h3-4,11,13-14,16-17H,5-10,15H2,1-2H3. The molecule has 0 spiro atoms. The van der Waals surface area contributed by atoms with Crippen LogP contribution >= 0.6 is 11.6 Å². The molecule has 33 heavy (non-hydrogen) atoms. The van der Waals surface area contributed by atoms with Crippen LogP contribution in [0.4, 0.5) is 5.69 Å². The maximum absolute atomic E-state index is 13.3. The van der Waals surface area contributed by atoms with Gasteiger partial charge in [-0.25, -0.2) is 4.98 Å². The van der Waals surface area contributed by atoms with Crippen molar-refractivity contribution in [3.8, 4) is 6.07 Å². The third kappa shape index (κ3) is 3.93. The highest BCUT2D eigenvalue weighted by Crippen LogP contribution is 2.34. The predicted molar refractivity (Wildman–Crippen MR) is 128 cm³/mol. The molecule has 2 aliphatic heterocycles. The zero-order valence-electron chi connectivity index (χ0n) is 19.0. The Kier molecular flexibility index (Phi) is 5.71.